The molecule has 20 heavy (non-hydrogen) atoms. The van der Waals surface area contributed by atoms with Gasteiger partial charge in [0.25, 0.3) is 0 Å². The maximum absolute atomic E-state index is 12.4. The number of carbonyl (C=O) groups is 1. The van der Waals surface area contributed by atoms with Crippen molar-refractivity contribution in [3.63, 3.8) is 0 Å². The summed E-state index contributed by atoms with van der Waals surface area (Å²) in [5.74, 6) is 1.11. The molecule has 0 spiro atoms. The van der Waals surface area contributed by atoms with Crippen LogP contribution in [-0.2, 0) is 11.3 Å². The number of nitrogens with zero attached hydrogens (tertiary/aromatic N) is 1. The summed E-state index contributed by atoms with van der Waals surface area (Å²) in [5.41, 5.74) is 6.87. The third-order valence-corrected chi connectivity index (χ3v) is 4.93. The first-order valence-electron chi connectivity index (χ1n) is 7.28. The molecule has 1 aliphatic rings. The summed E-state index contributed by atoms with van der Waals surface area (Å²) in [4.78, 5) is 12.4. The lowest BCUT2D eigenvalue weighted by atomic mass is 9.61. The van der Waals surface area contributed by atoms with Crippen molar-refractivity contribution in [2.45, 2.75) is 53.1 Å². The summed E-state index contributed by atoms with van der Waals surface area (Å²) in [6, 6.07) is 2.02. The molecule has 1 aromatic heterocycles. The third-order valence-electron chi connectivity index (χ3n) is 4.93. The third kappa shape index (κ3) is 2.87. The van der Waals surface area contributed by atoms with Crippen LogP contribution in [-0.4, -0.2) is 17.1 Å². The molecular weight excluding hydrogens is 254 g/mol. The van der Waals surface area contributed by atoms with Crippen LogP contribution < -0.4 is 11.1 Å². The summed E-state index contributed by atoms with van der Waals surface area (Å²) in [7, 11) is 0. The molecule has 1 heterocycles. The van der Waals surface area contributed by atoms with Crippen LogP contribution in [0.15, 0.2) is 10.6 Å². The first-order chi connectivity index (χ1) is 9.32. The highest BCUT2D eigenvalue weighted by molar-refractivity contribution is 5.79. The van der Waals surface area contributed by atoms with E-state index in [9.17, 15) is 4.79 Å². The molecule has 0 aromatic carbocycles. The Morgan fingerprint density at radius 1 is 1.55 bits per heavy atom. The van der Waals surface area contributed by atoms with Crippen molar-refractivity contribution in [3.05, 3.63) is 17.5 Å². The molecular formula is C15H25N3O2. The predicted molar refractivity (Wildman–Crippen MR) is 76.7 cm³/mol. The molecule has 5 heteroatoms. The van der Waals surface area contributed by atoms with E-state index in [4.69, 9.17) is 10.3 Å². The Labute approximate surface area is 120 Å². The van der Waals surface area contributed by atoms with Crippen LogP contribution in [0.3, 0.4) is 0 Å². The molecule has 112 valence electrons. The van der Waals surface area contributed by atoms with Crippen LogP contribution in [0.1, 0.15) is 45.1 Å². The zero-order chi connectivity index (χ0) is 14.9. The zero-order valence-electron chi connectivity index (χ0n) is 12.8. The molecule has 1 aromatic rings. The summed E-state index contributed by atoms with van der Waals surface area (Å²) in [6.07, 6.45) is 1.75. The summed E-state index contributed by atoms with van der Waals surface area (Å²) in [6.45, 7) is 8.68. The lowest BCUT2D eigenvalue weighted by molar-refractivity contribution is -0.132. The quantitative estimate of drug-likeness (QED) is 0.886. The number of hydrogen-bond donors (Lipinski definition) is 2. The van der Waals surface area contributed by atoms with Gasteiger partial charge in [0.2, 0.25) is 5.91 Å². The molecule has 1 aliphatic carbocycles. The minimum atomic E-state index is -0.0842. The van der Waals surface area contributed by atoms with E-state index in [1.807, 2.05) is 13.0 Å². The highest BCUT2D eigenvalue weighted by Crippen LogP contribution is 2.44. The number of aromatic nitrogens is 1. The number of hydrogen-bond acceptors (Lipinski definition) is 4. The van der Waals surface area contributed by atoms with Crippen molar-refractivity contribution in [3.8, 4) is 0 Å². The van der Waals surface area contributed by atoms with Gasteiger partial charge in [0.05, 0.1) is 12.2 Å². The van der Waals surface area contributed by atoms with Crippen LogP contribution in [0.2, 0.25) is 0 Å². The first kappa shape index (κ1) is 15.0. The van der Waals surface area contributed by atoms with Gasteiger partial charge in [0.1, 0.15) is 0 Å². The lowest BCUT2D eigenvalue weighted by Gasteiger charge is -2.46. The minimum Gasteiger partial charge on any atom is -0.359 e. The van der Waals surface area contributed by atoms with Gasteiger partial charge in [-0.2, -0.15) is 0 Å². The second-order valence-electron chi connectivity index (χ2n) is 6.56. The maximum Gasteiger partial charge on any atom is 0.224 e. The van der Waals surface area contributed by atoms with Crippen molar-refractivity contribution < 1.29 is 9.32 Å². The predicted octanol–water partition coefficient (Wildman–Crippen LogP) is 2.00. The molecule has 2 rings (SSSR count). The van der Waals surface area contributed by atoms with E-state index < -0.39 is 0 Å². The van der Waals surface area contributed by atoms with Gasteiger partial charge in [-0.3, -0.25) is 4.79 Å². The maximum atomic E-state index is 12.4. The summed E-state index contributed by atoms with van der Waals surface area (Å²) >= 11 is 0. The van der Waals surface area contributed by atoms with Gasteiger partial charge in [0.15, 0.2) is 5.76 Å². The van der Waals surface area contributed by atoms with E-state index in [1.165, 1.54) is 0 Å². The van der Waals surface area contributed by atoms with E-state index in [0.717, 1.165) is 18.5 Å². The molecule has 5 nitrogen and oxygen atoms in total. The van der Waals surface area contributed by atoms with Crippen LogP contribution in [0, 0.1) is 24.2 Å². The number of nitrogens with one attached hydrogen (secondary N) is 1. The lowest BCUT2D eigenvalue weighted by Crippen LogP contribution is -2.51. The largest absolute Gasteiger partial charge is 0.359 e. The Balaban J connectivity index is 1.98. The van der Waals surface area contributed by atoms with Crippen molar-refractivity contribution in [2.24, 2.45) is 23.0 Å². The Bertz CT molecular complexity index is 481. The fourth-order valence-electron chi connectivity index (χ4n) is 3.12. The molecule has 3 unspecified atom stereocenters. The standard InChI is InChI=1S/C15H25N3O2/c1-9-7-11(20-18-9)8-17-14(19)12-5-6-13(16)10(2)15(12,3)4/h7,10,12-13H,5-6,8,16H2,1-4H3,(H,17,19). The molecule has 3 atom stereocenters. The number of amides is 1. The molecule has 0 radical (unpaired) electrons. The molecule has 1 fully saturated rings. The molecule has 0 aliphatic heterocycles. The van der Waals surface area contributed by atoms with Gasteiger partial charge in [-0.25, -0.2) is 0 Å². The fraction of sp³-hybridized carbons (Fsp3) is 0.733. The topological polar surface area (TPSA) is 81.2 Å². The summed E-state index contributed by atoms with van der Waals surface area (Å²) in [5, 5.41) is 6.77. The van der Waals surface area contributed by atoms with Crippen molar-refractivity contribution >= 4 is 5.91 Å². The molecule has 0 bridgehead atoms. The second kappa shape index (κ2) is 5.56. The number of aryl methyl sites for hydroxylation is 1. The Morgan fingerprint density at radius 2 is 2.25 bits per heavy atom. The normalized spacial score (nSPS) is 29.1. The number of nitrogens with two attached hydrogens (primary N) is 1. The fourth-order valence-corrected chi connectivity index (χ4v) is 3.12. The van der Waals surface area contributed by atoms with Crippen molar-refractivity contribution in [2.75, 3.05) is 0 Å². The van der Waals surface area contributed by atoms with Crippen LogP contribution in [0.5, 0.6) is 0 Å². The monoisotopic (exact) mass is 279 g/mol. The zero-order valence-corrected chi connectivity index (χ0v) is 12.8. The Kier molecular flexibility index (Phi) is 4.18. The van der Waals surface area contributed by atoms with Crippen molar-refractivity contribution in [1.29, 1.82) is 0 Å². The van der Waals surface area contributed by atoms with E-state index in [-0.39, 0.29) is 23.3 Å². The van der Waals surface area contributed by atoms with E-state index in [1.54, 1.807) is 0 Å². The van der Waals surface area contributed by atoms with Crippen LogP contribution >= 0.6 is 0 Å². The minimum absolute atomic E-state index is 0.00122. The molecule has 1 saturated carbocycles. The van der Waals surface area contributed by atoms with Gasteiger partial charge in [0, 0.05) is 18.0 Å². The van der Waals surface area contributed by atoms with Gasteiger partial charge in [-0.15, -0.1) is 0 Å². The van der Waals surface area contributed by atoms with E-state index in [0.29, 0.717) is 18.2 Å². The number of carbonyl (C=O) groups excluding carboxylic acids is 1. The average molecular weight is 279 g/mol. The molecule has 1 amide bonds. The van der Waals surface area contributed by atoms with Gasteiger partial charge >= 0.3 is 0 Å². The van der Waals surface area contributed by atoms with E-state index >= 15 is 0 Å². The SMILES string of the molecule is Cc1cc(CNC(=O)C2CCC(N)C(C)C2(C)C)on1. The van der Waals surface area contributed by atoms with Gasteiger partial charge < -0.3 is 15.6 Å². The number of rotatable bonds is 3. The average Bonchev–Trinajstić information content (AvgIpc) is 2.79. The van der Waals surface area contributed by atoms with Gasteiger partial charge in [-0.1, -0.05) is 25.9 Å². The highest BCUT2D eigenvalue weighted by atomic mass is 16.5. The highest BCUT2D eigenvalue weighted by Gasteiger charge is 2.44. The van der Waals surface area contributed by atoms with E-state index in [2.05, 4.69) is 31.2 Å². The summed E-state index contributed by atoms with van der Waals surface area (Å²) < 4.78 is 5.11. The molecule has 3 N–H and O–H groups in total. The second-order valence-corrected chi connectivity index (χ2v) is 6.56. The van der Waals surface area contributed by atoms with Crippen LogP contribution in [0.4, 0.5) is 0 Å². The Morgan fingerprint density at radius 3 is 2.85 bits per heavy atom. The smallest absolute Gasteiger partial charge is 0.224 e. The van der Waals surface area contributed by atoms with Crippen LogP contribution in [0.25, 0.3) is 0 Å². The van der Waals surface area contributed by atoms with Crippen molar-refractivity contribution in [1.82, 2.24) is 10.5 Å². The Hall–Kier alpha value is -1.36. The van der Waals surface area contributed by atoms with Gasteiger partial charge in [-0.05, 0) is 31.1 Å². The first-order valence-corrected chi connectivity index (χ1v) is 7.28. The molecule has 0 saturated heterocycles.